The minimum atomic E-state index is 0.625. The van der Waals surface area contributed by atoms with Crippen molar-refractivity contribution in [1.29, 1.82) is 0 Å². The molecule has 0 saturated carbocycles. The third kappa shape index (κ3) is 14.6. The summed E-state index contributed by atoms with van der Waals surface area (Å²) in [5.74, 6) is 0. The predicted octanol–water partition coefficient (Wildman–Crippen LogP) is 4.77. The first-order valence-corrected chi connectivity index (χ1v) is 6.48. The second kappa shape index (κ2) is 14.6. The van der Waals surface area contributed by atoms with Crippen LogP contribution >= 0.6 is 0 Å². The molecule has 0 unspecified atom stereocenters. The highest BCUT2D eigenvalue weighted by Crippen LogP contribution is 1.99. The van der Waals surface area contributed by atoms with Gasteiger partial charge in [0.25, 0.3) is 0 Å². The summed E-state index contributed by atoms with van der Waals surface area (Å²) >= 11 is 0. The van der Waals surface area contributed by atoms with Gasteiger partial charge in [0.05, 0.1) is 0 Å². The first kappa shape index (κ1) is 15.6. The van der Waals surface area contributed by atoms with E-state index < -0.39 is 0 Å². The minimum absolute atomic E-state index is 0.625. The third-order valence-electron chi connectivity index (χ3n) is 2.20. The molecule has 1 nitrogen and oxygen atoms in total. The lowest BCUT2D eigenvalue weighted by Gasteiger charge is -1.88. The van der Waals surface area contributed by atoms with Crippen LogP contribution in [0.1, 0.15) is 45.4 Å². The van der Waals surface area contributed by atoms with Crippen LogP contribution in [0, 0.1) is 0 Å². The largest absolute Gasteiger partial charge is 0.303 e. The van der Waals surface area contributed by atoms with Crippen molar-refractivity contribution in [2.24, 2.45) is 0 Å². The number of rotatable bonds is 10. The summed E-state index contributed by atoms with van der Waals surface area (Å²) in [4.78, 5) is 10.0. The van der Waals surface area contributed by atoms with E-state index >= 15 is 0 Å². The van der Waals surface area contributed by atoms with Gasteiger partial charge in [0.1, 0.15) is 6.29 Å². The van der Waals surface area contributed by atoms with Gasteiger partial charge < -0.3 is 4.79 Å². The third-order valence-corrected chi connectivity index (χ3v) is 2.20. The zero-order valence-electron chi connectivity index (χ0n) is 10.8. The standard InChI is InChI=1S/C16H24O/c1-2-3-4-5-6-7-8-9-10-11-12-13-14-15-16-17/h3-6,10-13,16H,2,7-9,14-15H2,1H3/b4-3+,6-5-,11-10+,13-12+. The molecule has 0 fully saturated rings. The second-order valence-corrected chi connectivity index (χ2v) is 3.80. The van der Waals surface area contributed by atoms with Gasteiger partial charge in [-0.2, -0.15) is 0 Å². The van der Waals surface area contributed by atoms with Crippen molar-refractivity contribution in [3.63, 3.8) is 0 Å². The van der Waals surface area contributed by atoms with Crippen LogP contribution in [-0.2, 0) is 4.79 Å². The lowest BCUT2D eigenvalue weighted by Crippen LogP contribution is -1.70. The summed E-state index contributed by atoms with van der Waals surface area (Å²) in [5, 5.41) is 0. The molecule has 17 heavy (non-hydrogen) atoms. The number of hydrogen-bond donors (Lipinski definition) is 0. The van der Waals surface area contributed by atoms with Crippen molar-refractivity contribution >= 4 is 6.29 Å². The molecule has 0 heterocycles. The molecule has 0 rings (SSSR count). The van der Waals surface area contributed by atoms with E-state index in [-0.39, 0.29) is 0 Å². The maximum absolute atomic E-state index is 10.0. The Labute approximate surface area is 106 Å². The smallest absolute Gasteiger partial charge is 0.120 e. The normalized spacial score (nSPS) is 12.5. The van der Waals surface area contributed by atoms with Crippen LogP contribution in [0.15, 0.2) is 48.6 Å². The molecule has 0 aromatic rings. The molecule has 0 aliphatic carbocycles. The van der Waals surface area contributed by atoms with Gasteiger partial charge in [-0.15, -0.1) is 0 Å². The van der Waals surface area contributed by atoms with Crippen LogP contribution in [0.4, 0.5) is 0 Å². The van der Waals surface area contributed by atoms with Gasteiger partial charge in [-0.3, -0.25) is 0 Å². The van der Waals surface area contributed by atoms with E-state index in [9.17, 15) is 4.79 Å². The first-order chi connectivity index (χ1) is 8.41. The Balaban J connectivity index is 3.35. The molecule has 0 aliphatic rings. The molecule has 0 aromatic carbocycles. The molecule has 0 radical (unpaired) electrons. The Morgan fingerprint density at radius 1 is 0.706 bits per heavy atom. The highest BCUT2D eigenvalue weighted by molar-refractivity contribution is 5.49. The molecule has 1 heteroatoms. The van der Waals surface area contributed by atoms with Gasteiger partial charge in [0, 0.05) is 6.42 Å². The summed E-state index contributed by atoms with van der Waals surface area (Å²) in [7, 11) is 0. The molecule has 0 atom stereocenters. The van der Waals surface area contributed by atoms with E-state index in [0.717, 1.165) is 32.0 Å². The van der Waals surface area contributed by atoms with Crippen molar-refractivity contribution in [3.05, 3.63) is 48.6 Å². The van der Waals surface area contributed by atoms with Crippen LogP contribution in [0.2, 0.25) is 0 Å². The Morgan fingerprint density at radius 3 is 1.76 bits per heavy atom. The van der Waals surface area contributed by atoms with Crippen LogP contribution in [0.25, 0.3) is 0 Å². The summed E-state index contributed by atoms with van der Waals surface area (Å²) in [5.41, 5.74) is 0. The van der Waals surface area contributed by atoms with Crippen LogP contribution in [0.5, 0.6) is 0 Å². The number of hydrogen-bond acceptors (Lipinski definition) is 1. The predicted molar refractivity (Wildman–Crippen MR) is 76.0 cm³/mol. The second-order valence-electron chi connectivity index (χ2n) is 3.80. The van der Waals surface area contributed by atoms with Gasteiger partial charge in [-0.1, -0.05) is 55.5 Å². The zero-order chi connectivity index (χ0) is 12.6. The molecule has 0 N–H and O–H groups in total. The number of unbranched alkanes of at least 4 members (excludes halogenated alkanes) is 3. The van der Waals surface area contributed by atoms with Crippen LogP contribution < -0.4 is 0 Å². The maximum atomic E-state index is 10.0. The lowest BCUT2D eigenvalue weighted by atomic mass is 10.2. The Bertz CT molecular complexity index is 269. The average Bonchev–Trinajstić information content (AvgIpc) is 2.35. The molecule has 0 aromatic heterocycles. The number of carbonyl (C=O) groups is 1. The molecule has 0 amide bonds. The lowest BCUT2D eigenvalue weighted by molar-refractivity contribution is -0.107. The van der Waals surface area contributed by atoms with E-state index in [1.165, 1.54) is 6.42 Å². The van der Waals surface area contributed by atoms with Crippen molar-refractivity contribution < 1.29 is 4.79 Å². The molecule has 0 saturated heterocycles. The Kier molecular flexibility index (Phi) is 13.5. The van der Waals surface area contributed by atoms with Crippen molar-refractivity contribution in [2.75, 3.05) is 0 Å². The first-order valence-electron chi connectivity index (χ1n) is 6.48. The molecule has 94 valence electrons. The van der Waals surface area contributed by atoms with Crippen molar-refractivity contribution in [2.45, 2.75) is 45.4 Å². The topological polar surface area (TPSA) is 17.1 Å². The number of aldehydes is 1. The highest BCUT2D eigenvalue weighted by atomic mass is 16.1. The SMILES string of the molecule is CC/C=C/C=C\CCC/C=C/C=C/CCC=O. The van der Waals surface area contributed by atoms with E-state index in [4.69, 9.17) is 0 Å². The van der Waals surface area contributed by atoms with Gasteiger partial charge in [-0.05, 0) is 32.1 Å². The number of allylic oxidation sites excluding steroid dienone is 8. The summed E-state index contributed by atoms with van der Waals surface area (Å²) in [6.07, 6.45) is 23.8. The van der Waals surface area contributed by atoms with Crippen molar-refractivity contribution in [1.82, 2.24) is 0 Å². The summed E-state index contributed by atoms with van der Waals surface area (Å²) in [6.45, 7) is 2.14. The van der Waals surface area contributed by atoms with Crippen LogP contribution in [-0.4, -0.2) is 6.29 Å². The van der Waals surface area contributed by atoms with Crippen molar-refractivity contribution in [3.8, 4) is 0 Å². The highest BCUT2D eigenvalue weighted by Gasteiger charge is 1.79. The van der Waals surface area contributed by atoms with E-state index in [1.807, 2.05) is 12.2 Å². The Morgan fingerprint density at radius 2 is 1.24 bits per heavy atom. The fourth-order valence-electron chi connectivity index (χ4n) is 1.26. The monoisotopic (exact) mass is 232 g/mol. The van der Waals surface area contributed by atoms with E-state index in [2.05, 4.69) is 43.4 Å². The fourth-order valence-corrected chi connectivity index (χ4v) is 1.26. The quantitative estimate of drug-likeness (QED) is 0.301. The maximum Gasteiger partial charge on any atom is 0.120 e. The summed E-state index contributed by atoms with van der Waals surface area (Å²) < 4.78 is 0. The molecular weight excluding hydrogens is 208 g/mol. The minimum Gasteiger partial charge on any atom is -0.303 e. The number of carbonyl (C=O) groups excluding carboxylic acids is 1. The van der Waals surface area contributed by atoms with Gasteiger partial charge in [0.2, 0.25) is 0 Å². The zero-order valence-corrected chi connectivity index (χ0v) is 10.8. The van der Waals surface area contributed by atoms with Gasteiger partial charge in [-0.25, -0.2) is 0 Å². The molecule has 0 aliphatic heterocycles. The summed E-state index contributed by atoms with van der Waals surface area (Å²) in [6, 6.07) is 0. The van der Waals surface area contributed by atoms with Gasteiger partial charge >= 0.3 is 0 Å². The van der Waals surface area contributed by atoms with E-state index in [0.29, 0.717) is 6.42 Å². The van der Waals surface area contributed by atoms with Gasteiger partial charge in [0.15, 0.2) is 0 Å². The van der Waals surface area contributed by atoms with E-state index in [1.54, 1.807) is 0 Å². The molecule has 0 spiro atoms. The molecule has 0 bridgehead atoms. The average molecular weight is 232 g/mol. The van der Waals surface area contributed by atoms with Crippen LogP contribution in [0.3, 0.4) is 0 Å². The Hall–Kier alpha value is -1.37. The molecular formula is C16H24O. The fraction of sp³-hybridized carbons (Fsp3) is 0.438.